The van der Waals surface area contributed by atoms with Gasteiger partial charge in [-0.25, -0.2) is 9.59 Å². The van der Waals surface area contributed by atoms with Gasteiger partial charge in [0.1, 0.15) is 6.04 Å². The summed E-state index contributed by atoms with van der Waals surface area (Å²) in [6, 6.07) is -1.23. The molecule has 6 nitrogen and oxygen atoms in total. The third kappa shape index (κ3) is 1.91. The zero-order valence-corrected chi connectivity index (χ0v) is 12.3. The number of carbonyl (C=O) groups excluding carboxylic acids is 3. The molecule has 7 heteroatoms. The number of methoxy groups -OCH3 is 2. The van der Waals surface area contributed by atoms with Gasteiger partial charge in [-0.1, -0.05) is 12.2 Å². The maximum Gasteiger partial charge on any atom is 0.336 e. The first kappa shape index (κ1) is 13.9. The van der Waals surface area contributed by atoms with Crippen molar-refractivity contribution in [3.8, 4) is 0 Å². The van der Waals surface area contributed by atoms with Gasteiger partial charge in [0.25, 0.3) is 0 Å². The molecule has 1 saturated heterocycles. The molecule has 3 heterocycles. The highest BCUT2D eigenvalue weighted by molar-refractivity contribution is 8.03. The van der Waals surface area contributed by atoms with Crippen LogP contribution < -0.4 is 0 Å². The van der Waals surface area contributed by atoms with Crippen molar-refractivity contribution in [2.24, 2.45) is 0 Å². The SMILES string of the molecule is COC(=O)C1=C(C(=O)OC)C2C(=O)CSC3=CC=CC1N32. The first-order valence-electron chi connectivity index (χ1n) is 6.33. The standard InChI is InChI=1S/C14H13NO5S/c1-19-13(17)10-7-4-3-5-9-15(7)12(8(16)6-21-9)11(10)14(18)20-2/h3-5,7,12H,6H2,1-2H3. The van der Waals surface area contributed by atoms with E-state index in [4.69, 9.17) is 9.47 Å². The summed E-state index contributed by atoms with van der Waals surface area (Å²) in [5, 5.41) is 0.868. The molecule has 0 saturated carbocycles. The summed E-state index contributed by atoms with van der Waals surface area (Å²) in [4.78, 5) is 38.3. The molecule has 0 aromatic heterocycles. The van der Waals surface area contributed by atoms with Crippen LogP contribution in [-0.4, -0.2) is 54.7 Å². The summed E-state index contributed by atoms with van der Waals surface area (Å²) < 4.78 is 9.56. The van der Waals surface area contributed by atoms with Gasteiger partial charge in [-0.3, -0.25) is 4.79 Å². The number of hydrogen-bond acceptors (Lipinski definition) is 7. The van der Waals surface area contributed by atoms with Gasteiger partial charge in [-0.15, -0.1) is 11.8 Å². The Kier molecular flexibility index (Phi) is 3.36. The van der Waals surface area contributed by atoms with Crippen molar-refractivity contribution in [2.75, 3.05) is 20.0 Å². The highest BCUT2D eigenvalue weighted by Gasteiger charge is 2.52. The fourth-order valence-electron chi connectivity index (χ4n) is 2.86. The zero-order chi connectivity index (χ0) is 15.1. The molecule has 1 fully saturated rings. The monoisotopic (exact) mass is 307 g/mol. The predicted molar refractivity (Wildman–Crippen MR) is 75.2 cm³/mol. The van der Waals surface area contributed by atoms with E-state index in [1.54, 1.807) is 11.0 Å². The van der Waals surface area contributed by atoms with Gasteiger partial charge in [0.05, 0.1) is 42.2 Å². The summed E-state index contributed by atoms with van der Waals surface area (Å²) in [6.45, 7) is 0. The number of rotatable bonds is 2. The fourth-order valence-corrected chi connectivity index (χ4v) is 3.85. The maximum absolute atomic E-state index is 12.3. The van der Waals surface area contributed by atoms with E-state index in [2.05, 4.69) is 0 Å². The molecular weight excluding hydrogens is 294 g/mol. The number of ether oxygens (including phenoxy) is 2. The molecule has 0 bridgehead atoms. The molecule has 0 amide bonds. The van der Waals surface area contributed by atoms with Crippen molar-refractivity contribution >= 4 is 29.5 Å². The van der Waals surface area contributed by atoms with Crippen molar-refractivity contribution in [2.45, 2.75) is 12.1 Å². The minimum Gasteiger partial charge on any atom is -0.466 e. The Bertz CT molecular complexity index is 633. The van der Waals surface area contributed by atoms with Crippen LogP contribution in [0.25, 0.3) is 0 Å². The van der Waals surface area contributed by atoms with Crippen LogP contribution in [0.3, 0.4) is 0 Å². The minimum atomic E-state index is -0.769. The number of esters is 2. The topological polar surface area (TPSA) is 72.9 Å². The third-order valence-corrected chi connectivity index (χ3v) is 4.77. The van der Waals surface area contributed by atoms with Crippen molar-refractivity contribution in [1.29, 1.82) is 0 Å². The van der Waals surface area contributed by atoms with Crippen molar-refractivity contribution in [3.05, 3.63) is 34.4 Å². The van der Waals surface area contributed by atoms with E-state index in [0.29, 0.717) is 0 Å². The van der Waals surface area contributed by atoms with Crippen LogP contribution in [0, 0.1) is 0 Å². The molecule has 2 unspecified atom stereocenters. The Labute approximate surface area is 125 Å². The summed E-state index contributed by atoms with van der Waals surface area (Å²) in [7, 11) is 2.48. The zero-order valence-electron chi connectivity index (χ0n) is 11.5. The number of Topliss-reactive ketones (excluding diaryl/α,β-unsaturated/α-hetero) is 1. The summed E-state index contributed by atoms with van der Waals surface area (Å²) >= 11 is 1.40. The lowest BCUT2D eigenvalue weighted by atomic mass is 10.00. The lowest BCUT2D eigenvalue weighted by Gasteiger charge is -2.38. The molecule has 0 aliphatic carbocycles. The Morgan fingerprint density at radius 3 is 2.57 bits per heavy atom. The number of nitrogens with zero attached hydrogens (tertiary/aromatic N) is 1. The van der Waals surface area contributed by atoms with Crippen LogP contribution in [0.1, 0.15) is 0 Å². The van der Waals surface area contributed by atoms with E-state index in [1.807, 2.05) is 12.2 Å². The number of allylic oxidation sites excluding steroid dienone is 2. The highest BCUT2D eigenvalue weighted by Crippen LogP contribution is 2.44. The average molecular weight is 307 g/mol. The lowest BCUT2D eigenvalue weighted by Crippen LogP contribution is -2.47. The van der Waals surface area contributed by atoms with Crippen molar-refractivity contribution < 1.29 is 23.9 Å². The van der Waals surface area contributed by atoms with E-state index in [1.165, 1.54) is 26.0 Å². The second kappa shape index (κ2) is 5.07. The summed E-state index contributed by atoms with van der Waals surface area (Å²) in [5.41, 5.74) is 0.282. The molecule has 3 rings (SSSR count). The van der Waals surface area contributed by atoms with E-state index in [0.717, 1.165) is 5.03 Å². The van der Waals surface area contributed by atoms with Gasteiger partial charge in [0, 0.05) is 0 Å². The molecule has 2 atom stereocenters. The smallest absolute Gasteiger partial charge is 0.336 e. The molecule has 3 aliphatic rings. The first-order chi connectivity index (χ1) is 10.1. The average Bonchev–Trinajstić information content (AvgIpc) is 2.86. The largest absolute Gasteiger partial charge is 0.466 e. The van der Waals surface area contributed by atoms with Gasteiger partial charge in [-0.05, 0) is 6.08 Å². The van der Waals surface area contributed by atoms with Gasteiger partial charge >= 0.3 is 11.9 Å². The summed E-state index contributed by atoms with van der Waals surface area (Å²) in [6.07, 6.45) is 5.47. The van der Waals surface area contributed by atoms with Crippen molar-refractivity contribution in [3.63, 3.8) is 0 Å². The quantitative estimate of drug-likeness (QED) is 0.684. The Balaban J connectivity index is 2.19. The van der Waals surface area contributed by atoms with Gasteiger partial charge < -0.3 is 14.4 Å². The second-order valence-electron chi connectivity index (χ2n) is 4.71. The lowest BCUT2D eigenvalue weighted by molar-refractivity contribution is -0.139. The molecule has 0 spiro atoms. The van der Waals surface area contributed by atoms with E-state index in [9.17, 15) is 14.4 Å². The number of hydrogen-bond donors (Lipinski definition) is 0. The number of thioether (sulfide) groups is 1. The first-order valence-corrected chi connectivity index (χ1v) is 7.31. The third-order valence-electron chi connectivity index (χ3n) is 3.70. The van der Waals surface area contributed by atoms with E-state index < -0.39 is 24.0 Å². The predicted octanol–water partition coefficient (Wildman–Crippen LogP) is 0.409. The van der Waals surface area contributed by atoms with Crippen LogP contribution in [0.5, 0.6) is 0 Å². The molecule has 3 aliphatic heterocycles. The fraction of sp³-hybridized carbons (Fsp3) is 0.357. The van der Waals surface area contributed by atoms with E-state index >= 15 is 0 Å². The second-order valence-corrected chi connectivity index (χ2v) is 5.71. The van der Waals surface area contributed by atoms with Crippen LogP contribution in [0.15, 0.2) is 34.4 Å². The maximum atomic E-state index is 12.3. The molecule has 0 aromatic rings. The Morgan fingerprint density at radius 1 is 1.24 bits per heavy atom. The molecule has 0 N–H and O–H groups in total. The Hall–Kier alpha value is -2.02. The number of carbonyl (C=O) groups is 3. The Morgan fingerprint density at radius 2 is 1.90 bits per heavy atom. The van der Waals surface area contributed by atoms with E-state index in [-0.39, 0.29) is 22.7 Å². The molecule has 0 aromatic carbocycles. The van der Waals surface area contributed by atoms with Crippen molar-refractivity contribution in [1.82, 2.24) is 4.90 Å². The van der Waals surface area contributed by atoms with Gasteiger partial charge in [-0.2, -0.15) is 0 Å². The van der Waals surface area contributed by atoms with Crippen LogP contribution in [0.4, 0.5) is 0 Å². The van der Waals surface area contributed by atoms with Crippen LogP contribution in [-0.2, 0) is 23.9 Å². The molecule has 0 radical (unpaired) electrons. The minimum absolute atomic E-state index is 0.0945. The number of ketones is 1. The van der Waals surface area contributed by atoms with Crippen LogP contribution in [0.2, 0.25) is 0 Å². The van der Waals surface area contributed by atoms with Crippen LogP contribution >= 0.6 is 11.8 Å². The van der Waals surface area contributed by atoms with Gasteiger partial charge in [0.15, 0.2) is 5.78 Å². The highest BCUT2D eigenvalue weighted by atomic mass is 32.2. The molecule has 110 valence electrons. The van der Waals surface area contributed by atoms with Gasteiger partial charge in [0.2, 0.25) is 0 Å². The molecule has 21 heavy (non-hydrogen) atoms. The summed E-state index contributed by atoms with van der Waals surface area (Å²) in [5.74, 6) is -1.12. The molecular formula is C14H13NO5S. The normalized spacial score (nSPS) is 26.5.